The molecule has 36 heavy (non-hydrogen) atoms. The first-order valence-corrected chi connectivity index (χ1v) is 11.4. The fraction of sp³-hybridized carbons (Fsp3) is 0.458. The first-order chi connectivity index (χ1) is 16.8. The van der Waals surface area contributed by atoms with Crippen molar-refractivity contribution in [3.05, 3.63) is 47.3 Å². The third-order valence-electron chi connectivity index (χ3n) is 6.60. The van der Waals surface area contributed by atoms with Crippen molar-refractivity contribution in [2.45, 2.75) is 50.9 Å². The quantitative estimate of drug-likeness (QED) is 0.483. The van der Waals surface area contributed by atoms with Crippen LogP contribution in [0.2, 0.25) is 0 Å². The third-order valence-corrected chi connectivity index (χ3v) is 6.60. The Bertz CT molecular complexity index is 1180. The van der Waals surface area contributed by atoms with E-state index >= 15 is 0 Å². The highest BCUT2D eigenvalue weighted by molar-refractivity contribution is 6.04. The molecule has 2 aromatic rings. The number of halogens is 5. The molecule has 0 bridgehead atoms. The van der Waals surface area contributed by atoms with Crippen LogP contribution in [0.4, 0.5) is 32.4 Å². The van der Waals surface area contributed by atoms with Gasteiger partial charge < -0.3 is 20.6 Å². The van der Waals surface area contributed by atoms with Gasteiger partial charge in [-0.25, -0.2) is 13.6 Å². The summed E-state index contributed by atoms with van der Waals surface area (Å²) in [5.74, 6) is -2.62. The minimum Gasteiger partial charge on any atom is -0.465 e. The maximum absolute atomic E-state index is 14.1. The molecule has 1 saturated heterocycles. The van der Waals surface area contributed by atoms with Crippen LogP contribution >= 0.6 is 0 Å². The third kappa shape index (κ3) is 5.36. The molecule has 12 heteroatoms. The van der Waals surface area contributed by atoms with E-state index in [1.807, 2.05) is 0 Å². The van der Waals surface area contributed by atoms with Crippen molar-refractivity contribution in [1.82, 2.24) is 15.6 Å². The first kappa shape index (κ1) is 25.6. The number of hydrogen-bond acceptors (Lipinski definition) is 4. The molecular formula is C24H25F5N4O3. The van der Waals surface area contributed by atoms with Crippen LogP contribution in [0, 0.1) is 17.6 Å². The van der Waals surface area contributed by atoms with Gasteiger partial charge in [-0.3, -0.25) is 9.78 Å². The second kappa shape index (κ2) is 9.21. The number of rotatable bonds is 6. The Balaban J connectivity index is 1.92. The van der Waals surface area contributed by atoms with Gasteiger partial charge in [-0.2, -0.15) is 13.2 Å². The first-order valence-electron chi connectivity index (χ1n) is 11.4. The maximum atomic E-state index is 14.1. The van der Waals surface area contributed by atoms with E-state index in [4.69, 9.17) is 0 Å². The lowest BCUT2D eigenvalue weighted by atomic mass is 9.96. The predicted octanol–water partition coefficient (Wildman–Crippen LogP) is 4.81. The highest BCUT2D eigenvalue weighted by atomic mass is 19.4. The summed E-state index contributed by atoms with van der Waals surface area (Å²) in [5.41, 5.74) is -3.94. The van der Waals surface area contributed by atoms with Gasteiger partial charge in [-0.15, -0.1) is 0 Å². The molecule has 1 aliphatic carbocycles. The van der Waals surface area contributed by atoms with Crippen LogP contribution in [-0.4, -0.2) is 46.8 Å². The zero-order valence-electron chi connectivity index (χ0n) is 19.5. The van der Waals surface area contributed by atoms with Gasteiger partial charge in [-0.05, 0) is 56.7 Å². The van der Waals surface area contributed by atoms with Crippen molar-refractivity contribution >= 4 is 17.7 Å². The molecule has 0 radical (unpaired) electrons. The van der Waals surface area contributed by atoms with Crippen molar-refractivity contribution < 1.29 is 36.6 Å². The van der Waals surface area contributed by atoms with Crippen LogP contribution in [0.3, 0.4) is 0 Å². The number of alkyl halides is 3. The number of pyridine rings is 1. The average molecular weight is 512 g/mol. The topological polar surface area (TPSA) is 94.6 Å². The highest BCUT2D eigenvalue weighted by Crippen LogP contribution is 2.45. The molecule has 4 rings (SSSR count). The molecule has 2 aliphatic rings. The van der Waals surface area contributed by atoms with Crippen LogP contribution in [-0.2, 0) is 6.18 Å². The molecule has 7 nitrogen and oxygen atoms in total. The van der Waals surface area contributed by atoms with Crippen molar-refractivity contribution in [2.24, 2.45) is 5.92 Å². The molecule has 194 valence electrons. The summed E-state index contributed by atoms with van der Waals surface area (Å²) < 4.78 is 70.6. The van der Waals surface area contributed by atoms with Gasteiger partial charge in [0.1, 0.15) is 11.6 Å². The van der Waals surface area contributed by atoms with E-state index in [1.165, 1.54) is 4.90 Å². The summed E-state index contributed by atoms with van der Waals surface area (Å²) in [5, 5.41) is 14.4. The van der Waals surface area contributed by atoms with Crippen LogP contribution in [0.5, 0.6) is 0 Å². The number of nitrogens with one attached hydrogen (secondary N) is 2. The lowest BCUT2D eigenvalue weighted by molar-refractivity contribution is -0.140. The molecule has 1 unspecified atom stereocenters. The van der Waals surface area contributed by atoms with Crippen molar-refractivity contribution in [2.75, 3.05) is 18.0 Å². The van der Waals surface area contributed by atoms with Crippen LogP contribution < -0.4 is 15.5 Å². The van der Waals surface area contributed by atoms with E-state index in [-0.39, 0.29) is 42.7 Å². The Morgan fingerprint density at radius 3 is 2.39 bits per heavy atom. The van der Waals surface area contributed by atoms with Gasteiger partial charge in [0.2, 0.25) is 0 Å². The van der Waals surface area contributed by atoms with E-state index < -0.39 is 52.2 Å². The Kier molecular flexibility index (Phi) is 6.56. The summed E-state index contributed by atoms with van der Waals surface area (Å²) in [6.07, 6.45) is -3.46. The van der Waals surface area contributed by atoms with E-state index in [9.17, 15) is 36.6 Å². The lowest BCUT2D eigenvalue weighted by Gasteiger charge is -2.29. The van der Waals surface area contributed by atoms with E-state index in [0.29, 0.717) is 6.07 Å². The number of carbonyl (C=O) groups excluding carboxylic acids is 1. The van der Waals surface area contributed by atoms with E-state index in [2.05, 4.69) is 15.6 Å². The van der Waals surface area contributed by atoms with Crippen molar-refractivity contribution in [1.29, 1.82) is 0 Å². The zero-order valence-corrected chi connectivity index (χ0v) is 19.5. The Morgan fingerprint density at radius 1 is 1.19 bits per heavy atom. The molecule has 1 saturated carbocycles. The summed E-state index contributed by atoms with van der Waals surface area (Å²) in [7, 11) is 0. The smallest absolute Gasteiger partial charge is 0.434 e. The van der Waals surface area contributed by atoms with Crippen LogP contribution in [0.15, 0.2) is 24.4 Å². The Morgan fingerprint density at radius 2 is 1.83 bits per heavy atom. The van der Waals surface area contributed by atoms with E-state index in [0.717, 1.165) is 31.2 Å². The number of amides is 2. The molecule has 2 fully saturated rings. The van der Waals surface area contributed by atoms with Gasteiger partial charge in [0.15, 0.2) is 5.69 Å². The SMILES string of the molecule is C[C@H](NC(=O)c1cnc(C(F)(F)F)c(-c2cc(F)cc(F)c2)c1N1CCC(C)(NC(=O)O)C1)C1CC1. The molecule has 0 spiro atoms. The molecule has 2 heterocycles. The monoisotopic (exact) mass is 512 g/mol. The van der Waals surface area contributed by atoms with Crippen LogP contribution in [0.25, 0.3) is 11.1 Å². The number of carbonyl (C=O) groups is 2. The molecule has 3 N–H and O–H groups in total. The van der Waals surface area contributed by atoms with Crippen molar-refractivity contribution in [3.8, 4) is 11.1 Å². The van der Waals surface area contributed by atoms with Gasteiger partial charge >= 0.3 is 12.3 Å². The van der Waals surface area contributed by atoms with Gasteiger partial charge in [0.05, 0.1) is 16.8 Å². The van der Waals surface area contributed by atoms with E-state index in [1.54, 1.807) is 13.8 Å². The number of nitrogens with zero attached hydrogens (tertiary/aromatic N) is 2. The molecule has 1 aliphatic heterocycles. The number of aromatic nitrogens is 1. The number of carboxylic acid groups (broad SMARTS) is 1. The Labute approximate surface area is 203 Å². The predicted molar refractivity (Wildman–Crippen MR) is 121 cm³/mol. The standard InChI is InChI=1S/C24H25F5N4O3/c1-12(13-3-4-13)31-21(34)17-10-30-20(24(27,28)29)18(14-7-15(25)9-16(26)8-14)19(17)33-6-5-23(2,11-33)32-22(35)36/h7-10,12-13,32H,3-6,11H2,1-2H3,(H,31,34)(H,35,36)/t12-,23?/m0/s1. The fourth-order valence-electron chi connectivity index (χ4n) is 4.69. The van der Waals surface area contributed by atoms with Gasteiger partial charge in [-0.1, -0.05) is 0 Å². The summed E-state index contributed by atoms with van der Waals surface area (Å²) in [6.45, 7) is 3.38. The molecule has 2 amide bonds. The minimum atomic E-state index is -5.01. The lowest BCUT2D eigenvalue weighted by Crippen LogP contribution is -2.47. The second-order valence-corrected chi connectivity index (χ2v) is 9.66. The summed E-state index contributed by atoms with van der Waals surface area (Å²) in [6, 6.07) is 1.79. The molecule has 1 aromatic carbocycles. The molecule has 1 aromatic heterocycles. The number of hydrogen-bond donors (Lipinski definition) is 3. The minimum absolute atomic E-state index is 0.0795. The van der Waals surface area contributed by atoms with Crippen LogP contribution in [0.1, 0.15) is 49.2 Å². The zero-order chi connectivity index (χ0) is 26.4. The normalized spacial score (nSPS) is 20.8. The second-order valence-electron chi connectivity index (χ2n) is 9.66. The van der Waals surface area contributed by atoms with Gasteiger partial charge in [0.25, 0.3) is 5.91 Å². The highest BCUT2D eigenvalue weighted by Gasteiger charge is 2.43. The molecule has 2 atom stereocenters. The maximum Gasteiger partial charge on any atom is 0.434 e. The summed E-state index contributed by atoms with van der Waals surface area (Å²) in [4.78, 5) is 29.5. The van der Waals surface area contributed by atoms with Crippen molar-refractivity contribution in [3.63, 3.8) is 0 Å². The Hall–Kier alpha value is -3.44. The summed E-state index contributed by atoms with van der Waals surface area (Å²) >= 11 is 0. The fourth-order valence-corrected chi connectivity index (χ4v) is 4.69. The average Bonchev–Trinajstić information content (AvgIpc) is 3.53. The molecular weight excluding hydrogens is 487 g/mol. The number of anilines is 1. The van der Waals surface area contributed by atoms with Gasteiger partial charge in [0, 0.05) is 37.0 Å². The largest absolute Gasteiger partial charge is 0.465 e. The number of benzene rings is 1.